The van der Waals surface area contributed by atoms with Crippen molar-refractivity contribution < 1.29 is 14.3 Å². The molecule has 2 N–H and O–H groups in total. The first-order valence-electron chi connectivity index (χ1n) is 12.1. The van der Waals surface area contributed by atoms with Crippen LogP contribution in [0, 0.1) is 17.7 Å². The molecule has 0 bridgehead atoms. The quantitative estimate of drug-likeness (QED) is 0.589. The summed E-state index contributed by atoms with van der Waals surface area (Å²) >= 11 is 0. The van der Waals surface area contributed by atoms with Crippen LogP contribution in [0.5, 0.6) is 0 Å². The van der Waals surface area contributed by atoms with Gasteiger partial charge in [0.2, 0.25) is 5.91 Å². The van der Waals surface area contributed by atoms with Gasteiger partial charge in [0.05, 0.1) is 24.3 Å². The van der Waals surface area contributed by atoms with Crippen molar-refractivity contribution in [3.8, 4) is 0 Å². The Hall–Kier alpha value is -2.73. The first-order valence-corrected chi connectivity index (χ1v) is 12.1. The number of benzene rings is 2. The fourth-order valence-electron chi connectivity index (χ4n) is 4.58. The molecule has 1 amide bonds. The Labute approximate surface area is 195 Å². The summed E-state index contributed by atoms with van der Waals surface area (Å²) < 4.78 is 13.6. The molecule has 0 radical (unpaired) electrons. The fourth-order valence-corrected chi connectivity index (χ4v) is 4.58. The van der Waals surface area contributed by atoms with Gasteiger partial charge in [-0.15, -0.1) is 0 Å². The van der Waals surface area contributed by atoms with Crippen molar-refractivity contribution in [1.29, 1.82) is 0 Å². The molecule has 6 heteroatoms. The number of aliphatic hydroxyl groups excluding tert-OH is 1. The molecule has 176 valence electrons. The number of hydrogen-bond donors (Lipinski definition) is 2. The average Bonchev–Trinajstić information content (AvgIpc) is 3.65. The van der Waals surface area contributed by atoms with Crippen LogP contribution in [-0.2, 0) is 4.79 Å². The van der Waals surface area contributed by atoms with E-state index in [4.69, 9.17) is 4.99 Å². The van der Waals surface area contributed by atoms with E-state index in [0.717, 1.165) is 54.6 Å². The standard InChI is InChI=1S/C27H34FN3O2/c1-3-4-9-24(32)22(16-18-10-11-18)27(33)30-25-17-31(2)23-8-6-5-7-21(23)26(29-25)19-12-14-20(28)15-13-19/h5-8,12-15,18,22,24-25,32H,3-4,9-11,16-17H2,1-2H3,(H,30,33). The van der Waals surface area contributed by atoms with Crippen molar-refractivity contribution in [2.75, 3.05) is 18.5 Å². The van der Waals surface area contributed by atoms with Gasteiger partial charge in [0.25, 0.3) is 0 Å². The minimum atomic E-state index is -0.633. The van der Waals surface area contributed by atoms with E-state index in [9.17, 15) is 14.3 Å². The number of nitrogens with zero attached hydrogens (tertiary/aromatic N) is 2. The van der Waals surface area contributed by atoms with Gasteiger partial charge in [-0.05, 0) is 49.1 Å². The number of likely N-dealkylation sites (N-methyl/N-ethyl adjacent to an activating group) is 1. The molecule has 3 unspecified atom stereocenters. The van der Waals surface area contributed by atoms with Gasteiger partial charge in [0, 0.05) is 23.9 Å². The molecule has 33 heavy (non-hydrogen) atoms. The molecule has 2 aromatic carbocycles. The summed E-state index contributed by atoms with van der Waals surface area (Å²) in [6.45, 7) is 2.60. The molecule has 3 atom stereocenters. The molecule has 0 saturated heterocycles. The van der Waals surface area contributed by atoms with Gasteiger partial charge in [-0.2, -0.15) is 0 Å². The lowest BCUT2D eigenvalue weighted by Gasteiger charge is -2.26. The summed E-state index contributed by atoms with van der Waals surface area (Å²) in [6, 6.07) is 14.3. The lowest BCUT2D eigenvalue weighted by Crippen LogP contribution is -2.46. The number of rotatable bonds is 9. The Morgan fingerprint density at radius 2 is 1.94 bits per heavy atom. The van der Waals surface area contributed by atoms with Crippen LogP contribution < -0.4 is 10.2 Å². The number of para-hydroxylation sites is 1. The first-order chi connectivity index (χ1) is 16.0. The molecule has 2 aliphatic rings. The Balaban J connectivity index is 1.61. The summed E-state index contributed by atoms with van der Waals surface area (Å²) in [7, 11) is 1.99. The summed E-state index contributed by atoms with van der Waals surface area (Å²) in [6.07, 6.45) is 4.43. The number of amides is 1. The topological polar surface area (TPSA) is 64.9 Å². The normalized spacial score (nSPS) is 19.8. The Morgan fingerprint density at radius 3 is 2.64 bits per heavy atom. The molecule has 2 aromatic rings. The number of halogens is 1. The predicted octanol–water partition coefficient (Wildman–Crippen LogP) is 4.52. The zero-order valence-electron chi connectivity index (χ0n) is 19.5. The van der Waals surface area contributed by atoms with Crippen molar-refractivity contribution in [1.82, 2.24) is 5.32 Å². The highest BCUT2D eigenvalue weighted by Gasteiger charge is 2.35. The molecular formula is C27H34FN3O2. The molecule has 4 rings (SSSR count). The summed E-state index contributed by atoms with van der Waals surface area (Å²) in [5.41, 5.74) is 3.48. The van der Waals surface area contributed by atoms with Gasteiger partial charge < -0.3 is 15.3 Å². The molecule has 1 fully saturated rings. The number of carbonyl (C=O) groups is 1. The molecule has 1 aliphatic heterocycles. The van der Waals surface area contributed by atoms with Crippen LogP contribution in [0.25, 0.3) is 0 Å². The number of benzodiazepines with no additional fused rings is 1. The van der Waals surface area contributed by atoms with E-state index in [-0.39, 0.29) is 11.7 Å². The third-order valence-electron chi connectivity index (χ3n) is 6.67. The molecule has 1 saturated carbocycles. The van der Waals surface area contributed by atoms with Crippen molar-refractivity contribution in [3.05, 3.63) is 65.5 Å². The van der Waals surface area contributed by atoms with E-state index in [0.29, 0.717) is 18.9 Å². The third-order valence-corrected chi connectivity index (χ3v) is 6.67. The van der Waals surface area contributed by atoms with Crippen LogP contribution in [0.3, 0.4) is 0 Å². The van der Waals surface area contributed by atoms with Crippen LogP contribution >= 0.6 is 0 Å². The van der Waals surface area contributed by atoms with E-state index in [1.54, 1.807) is 12.1 Å². The van der Waals surface area contributed by atoms with Crippen molar-refractivity contribution in [2.24, 2.45) is 16.8 Å². The number of aliphatic imine (C=N–C) groups is 1. The third kappa shape index (κ3) is 5.80. The monoisotopic (exact) mass is 451 g/mol. The molecule has 5 nitrogen and oxygen atoms in total. The zero-order valence-corrected chi connectivity index (χ0v) is 19.5. The maximum Gasteiger partial charge on any atom is 0.227 e. The van der Waals surface area contributed by atoms with Crippen LogP contribution in [0.1, 0.15) is 56.6 Å². The van der Waals surface area contributed by atoms with Gasteiger partial charge in [-0.3, -0.25) is 9.79 Å². The smallest absolute Gasteiger partial charge is 0.227 e. The summed E-state index contributed by atoms with van der Waals surface area (Å²) in [5.74, 6) is -0.301. The summed E-state index contributed by atoms with van der Waals surface area (Å²) in [5, 5.41) is 13.9. The van der Waals surface area contributed by atoms with E-state index in [1.807, 2.05) is 31.3 Å². The van der Waals surface area contributed by atoms with Gasteiger partial charge >= 0.3 is 0 Å². The number of aliphatic hydroxyl groups is 1. The molecule has 0 spiro atoms. The van der Waals surface area contributed by atoms with E-state index >= 15 is 0 Å². The van der Waals surface area contributed by atoms with Crippen molar-refractivity contribution >= 4 is 17.3 Å². The van der Waals surface area contributed by atoms with Gasteiger partial charge in [-0.25, -0.2) is 4.39 Å². The molecular weight excluding hydrogens is 417 g/mol. The lowest BCUT2D eigenvalue weighted by molar-refractivity contribution is -0.129. The second kappa shape index (κ2) is 10.5. The Kier molecular flexibility index (Phi) is 7.43. The van der Waals surface area contributed by atoms with E-state index < -0.39 is 18.2 Å². The number of fused-ring (bicyclic) bond motifs is 1. The van der Waals surface area contributed by atoms with Gasteiger partial charge in [0.15, 0.2) is 0 Å². The molecule has 1 aliphatic carbocycles. The minimum absolute atomic E-state index is 0.128. The van der Waals surface area contributed by atoms with Crippen LogP contribution in [0.2, 0.25) is 0 Å². The Morgan fingerprint density at radius 1 is 1.21 bits per heavy atom. The SMILES string of the molecule is CCCCC(O)C(CC1CC1)C(=O)NC1CN(C)c2ccccc2C(c2ccc(F)cc2)=N1. The van der Waals surface area contributed by atoms with Crippen molar-refractivity contribution in [2.45, 2.75) is 57.7 Å². The van der Waals surface area contributed by atoms with Gasteiger partial charge in [-0.1, -0.05) is 50.8 Å². The highest BCUT2D eigenvalue weighted by Crippen LogP contribution is 2.37. The maximum atomic E-state index is 13.6. The van der Waals surface area contributed by atoms with Crippen molar-refractivity contribution in [3.63, 3.8) is 0 Å². The lowest BCUT2D eigenvalue weighted by atomic mass is 9.91. The van der Waals surface area contributed by atoms with E-state index in [1.165, 1.54) is 12.1 Å². The average molecular weight is 452 g/mol. The minimum Gasteiger partial charge on any atom is -0.392 e. The number of unbranched alkanes of at least 4 members (excludes halogenated alkanes) is 1. The fraction of sp³-hybridized carbons (Fsp3) is 0.481. The first kappa shape index (κ1) is 23.4. The van der Waals surface area contributed by atoms with E-state index in [2.05, 4.69) is 17.1 Å². The number of nitrogens with one attached hydrogen (secondary N) is 1. The van der Waals surface area contributed by atoms with Crippen LogP contribution in [0.4, 0.5) is 10.1 Å². The van der Waals surface area contributed by atoms with Gasteiger partial charge in [0.1, 0.15) is 12.0 Å². The number of hydrogen-bond acceptors (Lipinski definition) is 4. The molecule has 1 heterocycles. The highest BCUT2D eigenvalue weighted by atomic mass is 19.1. The maximum absolute atomic E-state index is 13.6. The van der Waals surface area contributed by atoms with Crippen LogP contribution in [0.15, 0.2) is 53.5 Å². The zero-order chi connectivity index (χ0) is 23.4. The second-order valence-corrected chi connectivity index (χ2v) is 9.40. The number of anilines is 1. The highest BCUT2D eigenvalue weighted by molar-refractivity contribution is 6.16. The largest absolute Gasteiger partial charge is 0.392 e. The molecule has 0 aromatic heterocycles. The second-order valence-electron chi connectivity index (χ2n) is 9.40. The summed E-state index contributed by atoms with van der Waals surface area (Å²) in [4.78, 5) is 20.4. The Bertz CT molecular complexity index is 987. The number of carbonyl (C=O) groups excluding carboxylic acids is 1. The van der Waals surface area contributed by atoms with Crippen LogP contribution in [-0.4, -0.2) is 42.6 Å². The predicted molar refractivity (Wildman–Crippen MR) is 130 cm³/mol.